The molecule has 272 valence electrons. The molecular weight excluding hydrogens is 999 g/mol. The van der Waals surface area contributed by atoms with Crippen molar-refractivity contribution in [2.24, 2.45) is 0 Å². The Kier molecular flexibility index (Phi) is 28.9. The normalized spacial score (nSPS) is 13.6. The van der Waals surface area contributed by atoms with Crippen molar-refractivity contribution in [2.45, 2.75) is 213 Å². The van der Waals surface area contributed by atoms with Crippen LogP contribution in [0.1, 0.15) is 160 Å². The van der Waals surface area contributed by atoms with E-state index in [1.807, 2.05) is 0 Å². The van der Waals surface area contributed by atoms with Crippen molar-refractivity contribution in [1.82, 2.24) is 0 Å². The van der Waals surface area contributed by atoms with Gasteiger partial charge in [0.25, 0.3) is 0 Å². The summed E-state index contributed by atoms with van der Waals surface area (Å²) in [7, 11) is -3.41. The Morgan fingerprint density at radius 3 is 0.444 bits per heavy atom. The monoisotopic (exact) mass is 1090 g/mol. The Balaban J connectivity index is 8.09. The van der Waals surface area contributed by atoms with Gasteiger partial charge in [-0.25, -0.2) is 0 Å². The molecule has 0 N–H and O–H groups in total. The summed E-state index contributed by atoms with van der Waals surface area (Å²) in [5.41, 5.74) is 0. The third-order valence-corrected chi connectivity index (χ3v) is 84.3. The first-order valence-electron chi connectivity index (χ1n) is 20.4. The van der Waals surface area contributed by atoms with E-state index >= 15 is 0 Å². The van der Waals surface area contributed by atoms with Crippen LogP contribution >= 0.6 is 0 Å². The predicted molar refractivity (Wildman–Crippen MR) is 214 cm³/mol. The second kappa shape index (κ2) is 26.9. The molecular formula is C36H84O4SiSn4. The van der Waals surface area contributed by atoms with Gasteiger partial charge < -0.3 is 0 Å². The molecule has 0 spiro atoms. The van der Waals surface area contributed by atoms with Crippen LogP contribution in [0.4, 0.5) is 0 Å². The topological polar surface area (TPSA) is 36.9 Å². The van der Waals surface area contributed by atoms with Crippen molar-refractivity contribution in [3.05, 3.63) is 0 Å². The van der Waals surface area contributed by atoms with Crippen LogP contribution in [0, 0.1) is 0 Å². The number of rotatable bonds is 32. The van der Waals surface area contributed by atoms with Crippen molar-refractivity contribution in [3.63, 3.8) is 0 Å². The van der Waals surface area contributed by atoms with Crippen molar-refractivity contribution in [3.8, 4) is 0 Å². The fourth-order valence-electron chi connectivity index (χ4n) is 8.77. The molecule has 0 radical (unpaired) electrons. The standard InChI is InChI=1S/12C3H7.O4Si.4Sn/c12*1-3-2;1-5(2,3)4;;;;/h12*1,3H2,2H3;;;;;/q;;;;;;;;;;;;-4;4*+1. The van der Waals surface area contributed by atoms with Gasteiger partial charge in [-0.3, -0.25) is 0 Å². The molecule has 0 saturated heterocycles. The van der Waals surface area contributed by atoms with Gasteiger partial charge in [0.05, 0.1) is 0 Å². The van der Waals surface area contributed by atoms with Gasteiger partial charge in [0.1, 0.15) is 0 Å². The molecule has 0 aromatic rings. The molecule has 0 amide bonds. The fraction of sp³-hybridized carbons (Fsp3) is 1.00. The summed E-state index contributed by atoms with van der Waals surface area (Å²) in [6.45, 7) is 28.9. The second-order valence-corrected chi connectivity index (χ2v) is 67.6. The molecule has 0 unspecified atom stereocenters. The first-order valence-corrected chi connectivity index (χ1v) is 50.9. The van der Waals surface area contributed by atoms with E-state index in [0.29, 0.717) is 0 Å². The molecule has 4 nitrogen and oxygen atoms in total. The van der Waals surface area contributed by atoms with Crippen LogP contribution in [0.2, 0.25) is 53.2 Å². The van der Waals surface area contributed by atoms with Crippen LogP contribution in [0.25, 0.3) is 0 Å². The molecule has 9 heteroatoms. The Morgan fingerprint density at radius 2 is 0.356 bits per heavy atom. The zero-order valence-electron chi connectivity index (χ0n) is 33.1. The van der Waals surface area contributed by atoms with Crippen LogP contribution in [0.15, 0.2) is 0 Å². The molecule has 0 aliphatic carbocycles. The average molecular weight is 1080 g/mol. The van der Waals surface area contributed by atoms with E-state index < -0.39 is 84.2 Å². The summed E-state index contributed by atoms with van der Waals surface area (Å²) >= 11 is -12.6. The fourth-order valence-corrected chi connectivity index (χ4v) is 97.3. The molecule has 0 atom stereocenters. The summed E-state index contributed by atoms with van der Waals surface area (Å²) in [4.78, 5) is 0. The Bertz CT molecular complexity index is 529. The van der Waals surface area contributed by atoms with Crippen molar-refractivity contribution in [2.75, 3.05) is 0 Å². The Hall–Kier alpha value is 3.25. The van der Waals surface area contributed by atoms with Gasteiger partial charge in [-0.15, -0.1) is 0 Å². The number of hydrogen-bond donors (Lipinski definition) is 0. The van der Waals surface area contributed by atoms with E-state index in [9.17, 15) is 0 Å². The van der Waals surface area contributed by atoms with Gasteiger partial charge in [-0.2, -0.15) is 0 Å². The van der Waals surface area contributed by atoms with Crippen molar-refractivity contribution >= 4 is 84.2 Å². The zero-order valence-corrected chi connectivity index (χ0v) is 45.5. The van der Waals surface area contributed by atoms with Crippen LogP contribution < -0.4 is 0 Å². The molecule has 0 heterocycles. The third-order valence-electron chi connectivity index (χ3n) is 9.83. The van der Waals surface area contributed by atoms with Crippen LogP contribution in [0.3, 0.4) is 0 Å². The quantitative estimate of drug-likeness (QED) is 0.0629. The molecule has 45 heavy (non-hydrogen) atoms. The van der Waals surface area contributed by atoms with E-state index in [1.54, 1.807) is 0 Å². The minimum absolute atomic E-state index is 1.23. The Labute approximate surface area is 305 Å². The van der Waals surface area contributed by atoms with Gasteiger partial charge in [0, 0.05) is 0 Å². The molecule has 0 rings (SSSR count). The SMILES string of the molecule is CC[CH2][Sn]([CH2]CC)([CH2]CC)[O][Si]([O][Sn]([CH2]CC)([CH2]CC)[CH2]CC)([O][Sn]([CH2]CC)([CH2]CC)[CH2]CC)[O][Sn]([CH2]CC)([CH2]CC)[CH2]CC. The van der Waals surface area contributed by atoms with Gasteiger partial charge in [-0.1, -0.05) is 0 Å². The predicted octanol–water partition coefficient (Wildman–Crippen LogP) is 14.2. The van der Waals surface area contributed by atoms with Crippen LogP contribution in [-0.2, 0) is 11.1 Å². The van der Waals surface area contributed by atoms with Gasteiger partial charge in [0.15, 0.2) is 0 Å². The van der Waals surface area contributed by atoms with Crippen molar-refractivity contribution < 1.29 is 11.1 Å². The van der Waals surface area contributed by atoms with E-state index in [4.69, 9.17) is 11.1 Å². The molecule has 0 aliphatic heterocycles. The summed E-state index contributed by atoms with van der Waals surface area (Å²) in [6.07, 6.45) is 14.8. The summed E-state index contributed by atoms with van der Waals surface area (Å²) in [6, 6.07) is 0. The molecule has 0 saturated carbocycles. The number of hydrogen-bond acceptors (Lipinski definition) is 4. The first kappa shape index (κ1) is 48.3. The zero-order chi connectivity index (χ0) is 34.3. The van der Waals surface area contributed by atoms with Gasteiger partial charge in [-0.05, 0) is 0 Å². The van der Waals surface area contributed by atoms with Gasteiger partial charge in [0.2, 0.25) is 0 Å². The van der Waals surface area contributed by atoms with E-state index in [0.717, 1.165) is 0 Å². The van der Waals surface area contributed by atoms with Crippen molar-refractivity contribution in [1.29, 1.82) is 0 Å². The summed E-state index contributed by atoms with van der Waals surface area (Å²) < 4.78 is 48.7. The van der Waals surface area contributed by atoms with E-state index in [-0.39, 0.29) is 0 Å². The molecule has 0 aliphatic rings. The summed E-state index contributed by atoms with van der Waals surface area (Å²) in [5, 5.41) is 0. The molecule has 0 aromatic heterocycles. The molecule has 0 fully saturated rings. The van der Waals surface area contributed by atoms with E-state index in [1.165, 1.54) is 130 Å². The first-order chi connectivity index (χ1) is 21.6. The van der Waals surface area contributed by atoms with Crippen LogP contribution in [-0.4, -0.2) is 84.2 Å². The third kappa shape index (κ3) is 17.1. The summed E-state index contributed by atoms with van der Waals surface area (Å²) in [5.74, 6) is 0. The minimum atomic E-state index is -3.41. The molecule has 0 bridgehead atoms. The average Bonchev–Trinajstić information content (AvgIpc) is 2.94. The second-order valence-electron chi connectivity index (χ2n) is 14.6. The van der Waals surface area contributed by atoms with Crippen LogP contribution in [0.5, 0.6) is 0 Å². The van der Waals surface area contributed by atoms with E-state index in [2.05, 4.69) is 83.1 Å². The Morgan fingerprint density at radius 1 is 0.244 bits per heavy atom. The molecule has 0 aromatic carbocycles. The maximum absolute atomic E-state index is 8.27. The van der Waals surface area contributed by atoms with Gasteiger partial charge >= 0.3 is 309 Å². The maximum atomic E-state index is 8.27.